The van der Waals surface area contributed by atoms with Crippen LogP contribution in [0.25, 0.3) is 0 Å². The summed E-state index contributed by atoms with van der Waals surface area (Å²) in [5, 5.41) is 0. The van der Waals surface area contributed by atoms with Gasteiger partial charge in [-0.1, -0.05) is 18.2 Å². The van der Waals surface area contributed by atoms with E-state index in [-0.39, 0.29) is 24.8 Å². The molecular formula is C22H24F3NO6S. The van der Waals surface area contributed by atoms with Crippen molar-refractivity contribution in [3.63, 3.8) is 0 Å². The first-order valence-electron chi connectivity index (χ1n) is 10.3. The predicted molar refractivity (Wildman–Crippen MR) is 114 cm³/mol. The Morgan fingerprint density at radius 2 is 1.82 bits per heavy atom. The van der Waals surface area contributed by atoms with Crippen molar-refractivity contribution in [3.05, 3.63) is 53.6 Å². The average Bonchev–Trinajstić information content (AvgIpc) is 3.15. The number of ether oxygens (including phenoxy) is 2. The number of halogens is 3. The smallest absolute Gasteiger partial charge is 0.389 e. The molecule has 2 aromatic carbocycles. The molecule has 0 bridgehead atoms. The zero-order chi connectivity index (χ0) is 24.1. The van der Waals surface area contributed by atoms with Crippen LogP contribution >= 0.6 is 0 Å². The first kappa shape index (κ1) is 24.8. The summed E-state index contributed by atoms with van der Waals surface area (Å²) < 4.78 is 76.8. The number of alkyl halides is 3. The molecule has 0 spiro atoms. The highest BCUT2D eigenvalue weighted by Crippen LogP contribution is 2.37. The van der Waals surface area contributed by atoms with Gasteiger partial charge in [-0.3, -0.25) is 4.79 Å². The van der Waals surface area contributed by atoms with E-state index >= 15 is 0 Å². The molecule has 33 heavy (non-hydrogen) atoms. The Bertz CT molecular complexity index is 1090. The summed E-state index contributed by atoms with van der Waals surface area (Å²) >= 11 is 0. The second kappa shape index (κ2) is 10.4. The van der Waals surface area contributed by atoms with Crippen LogP contribution in [-0.4, -0.2) is 39.5 Å². The van der Waals surface area contributed by atoms with Gasteiger partial charge in [0, 0.05) is 18.4 Å². The van der Waals surface area contributed by atoms with Crippen molar-refractivity contribution in [1.82, 2.24) is 0 Å². The zero-order valence-corrected chi connectivity index (χ0v) is 18.5. The van der Waals surface area contributed by atoms with E-state index in [0.29, 0.717) is 24.3 Å². The maximum absolute atomic E-state index is 12.3. The normalized spacial score (nSPS) is 15.7. The third-order valence-electron chi connectivity index (χ3n) is 4.99. The second-order valence-electron chi connectivity index (χ2n) is 7.70. The number of hydrogen-bond donors (Lipinski definition) is 1. The van der Waals surface area contributed by atoms with Gasteiger partial charge in [0.1, 0.15) is 17.2 Å². The summed E-state index contributed by atoms with van der Waals surface area (Å²) in [7, 11) is -4.19. The molecular weight excluding hydrogens is 463 g/mol. The van der Waals surface area contributed by atoms with E-state index in [4.69, 9.17) is 19.4 Å². The number of benzene rings is 2. The van der Waals surface area contributed by atoms with Crippen molar-refractivity contribution in [2.45, 2.75) is 31.9 Å². The molecule has 0 saturated carbocycles. The molecule has 2 aromatic rings. The molecule has 1 aliphatic rings. The fraction of sp³-hybridized carbons (Fsp3) is 0.409. The van der Waals surface area contributed by atoms with Crippen LogP contribution in [0.3, 0.4) is 0 Å². The van der Waals surface area contributed by atoms with Gasteiger partial charge in [0.25, 0.3) is 0 Å². The van der Waals surface area contributed by atoms with Crippen LogP contribution in [-0.2, 0) is 32.5 Å². The Balaban J connectivity index is 1.64. The summed E-state index contributed by atoms with van der Waals surface area (Å²) in [5.41, 5.74) is 7.27. The molecule has 0 heterocycles. The first-order valence-corrected chi connectivity index (χ1v) is 11.9. The fourth-order valence-electron chi connectivity index (χ4n) is 3.54. The number of esters is 1. The fourth-order valence-corrected chi connectivity index (χ4v) is 4.52. The summed E-state index contributed by atoms with van der Waals surface area (Å²) in [4.78, 5) is 11.3. The van der Waals surface area contributed by atoms with E-state index in [2.05, 4.69) is 0 Å². The first-order chi connectivity index (χ1) is 15.5. The standard InChI is InChI=1S/C22H24F3NO6S/c23-22(24,25)8-3-9-33(28,29)32-18-6-2-5-17(12-18)31-20-7-1-4-16-10-15(11-19(16)20)14-30-21(27)13-26/h1-2,4-7,12,15H,3,8-11,13-14,26H2. The van der Waals surface area contributed by atoms with Crippen LogP contribution in [0.5, 0.6) is 17.2 Å². The highest BCUT2D eigenvalue weighted by atomic mass is 32.2. The van der Waals surface area contributed by atoms with E-state index < -0.39 is 40.9 Å². The van der Waals surface area contributed by atoms with Crippen LogP contribution in [0.4, 0.5) is 13.2 Å². The number of carbonyl (C=O) groups is 1. The van der Waals surface area contributed by atoms with Gasteiger partial charge in [0.15, 0.2) is 0 Å². The molecule has 0 saturated heterocycles. The number of nitrogens with two attached hydrogens (primary N) is 1. The van der Waals surface area contributed by atoms with Crippen LogP contribution in [0.15, 0.2) is 42.5 Å². The minimum Gasteiger partial charge on any atom is -0.464 e. The third-order valence-corrected chi connectivity index (χ3v) is 6.22. The monoisotopic (exact) mass is 487 g/mol. The van der Waals surface area contributed by atoms with E-state index in [1.807, 2.05) is 12.1 Å². The van der Waals surface area contributed by atoms with Gasteiger partial charge in [-0.05, 0) is 48.6 Å². The number of rotatable bonds is 10. The highest BCUT2D eigenvalue weighted by Gasteiger charge is 2.28. The zero-order valence-electron chi connectivity index (χ0n) is 17.6. The topological polar surface area (TPSA) is 105 Å². The van der Waals surface area contributed by atoms with Gasteiger partial charge in [0.05, 0.1) is 18.9 Å². The van der Waals surface area contributed by atoms with E-state index in [9.17, 15) is 26.4 Å². The number of carbonyl (C=O) groups excluding carboxylic acids is 1. The molecule has 7 nitrogen and oxygen atoms in total. The molecule has 0 radical (unpaired) electrons. The van der Waals surface area contributed by atoms with Crippen LogP contribution < -0.4 is 14.7 Å². The highest BCUT2D eigenvalue weighted by molar-refractivity contribution is 7.87. The van der Waals surface area contributed by atoms with E-state index in [1.54, 1.807) is 12.1 Å². The molecule has 180 valence electrons. The maximum atomic E-state index is 12.3. The lowest BCUT2D eigenvalue weighted by molar-refractivity contribution is -0.143. The van der Waals surface area contributed by atoms with Crippen molar-refractivity contribution in [2.24, 2.45) is 11.7 Å². The Morgan fingerprint density at radius 3 is 2.55 bits per heavy atom. The lowest BCUT2D eigenvalue weighted by Gasteiger charge is -2.13. The van der Waals surface area contributed by atoms with E-state index in [0.717, 1.165) is 11.1 Å². The second-order valence-corrected chi connectivity index (χ2v) is 9.39. The quantitative estimate of drug-likeness (QED) is 0.402. The van der Waals surface area contributed by atoms with Crippen LogP contribution in [0.1, 0.15) is 24.0 Å². The Morgan fingerprint density at radius 1 is 1.09 bits per heavy atom. The molecule has 1 atom stereocenters. The van der Waals surface area contributed by atoms with Gasteiger partial charge >= 0.3 is 22.3 Å². The van der Waals surface area contributed by atoms with Crippen molar-refractivity contribution < 1.29 is 40.0 Å². The lowest BCUT2D eigenvalue weighted by atomic mass is 10.1. The molecule has 0 fully saturated rings. The van der Waals surface area contributed by atoms with Crippen molar-refractivity contribution in [2.75, 3.05) is 18.9 Å². The Hall–Kier alpha value is -2.79. The van der Waals surface area contributed by atoms with Crippen molar-refractivity contribution >= 4 is 16.1 Å². The minimum atomic E-state index is -4.43. The van der Waals surface area contributed by atoms with Crippen molar-refractivity contribution in [3.8, 4) is 17.2 Å². The van der Waals surface area contributed by atoms with E-state index in [1.165, 1.54) is 18.2 Å². The molecule has 2 N–H and O–H groups in total. The molecule has 1 aliphatic carbocycles. The van der Waals surface area contributed by atoms with Crippen LogP contribution in [0.2, 0.25) is 0 Å². The predicted octanol–water partition coefficient (Wildman–Crippen LogP) is 3.75. The van der Waals surface area contributed by atoms with Gasteiger partial charge in [-0.25, -0.2) is 0 Å². The number of hydrogen-bond acceptors (Lipinski definition) is 7. The molecule has 0 amide bonds. The molecule has 3 rings (SSSR count). The largest absolute Gasteiger partial charge is 0.464 e. The van der Waals surface area contributed by atoms with Gasteiger partial charge in [-0.15, -0.1) is 0 Å². The average molecular weight is 487 g/mol. The minimum absolute atomic E-state index is 0.0568. The van der Waals surface area contributed by atoms with Gasteiger partial charge < -0.3 is 19.4 Å². The molecule has 0 aromatic heterocycles. The summed E-state index contributed by atoms with van der Waals surface area (Å²) in [6, 6.07) is 11.4. The lowest BCUT2D eigenvalue weighted by Crippen LogP contribution is -2.20. The summed E-state index contributed by atoms with van der Waals surface area (Å²) in [6.07, 6.45) is -4.87. The SMILES string of the molecule is NCC(=O)OCC1Cc2cccc(Oc3cccc(OS(=O)(=O)CCCC(F)(F)F)c3)c2C1. The number of fused-ring (bicyclic) bond motifs is 1. The summed E-state index contributed by atoms with van der Waals surface area (Å²) in [5.74, 6) is -0.294. The third kappa shape index (κ3) is 7.64. The maximum Gasteiger partial charge on any atom is 0.389 e. The Labute approximate surface area is 189 Å². The van der Waals surface area contributed by atoms with Crippen LogP contribution in [0, 0.1) is 5.92 Å². The summed E-state index contributed by atoms with van der Waals surface area (Å²) in [6.45, 7) is 0.0736. The Kier molecular flexibility index (Phi) is 7.85. The molecule has 0 aliphatic heterocycles. The van der Waals surface area contributed by atoms with Crippen molar-refractivity contribution in [1.29, 1.82) is 0 Å². The molecule has 11 heteroatoms. The van der Waals surface area contributed by atoms with Gasteiger partial charge in [-0.2, -0.15) is 21.6 Å². The van der Waals surface area contributed by atoms with Gasteiger partial charge in [0.2, 0.25) is 0 Å². The molecule has 1 unspecified atom stereocenters.